The fourth-order valence-electron chi connectivity index (χ4n) is 5.89. The van der Waals surface area contributed by atoms with E-state index in [0.29, 0.717) is 35.8 Å². The maximum Gasteiger partial charge on any atom is 0.317 e. The highest BCUT2D eigenvalue weighted by Gasteiger charge is 2.57. The van der Waals surface area contributed by atoms with Crippen molar-refractivity contribution >= 4 is 23.4 Å². The summed E-state index contributed by atoms with van der Waals surface area (Å²) in [5, 5.41) is 0.313. The fraction of sp³-hybridized carbons (Fsp3) is 0.889. The van der Waals surface area contributed by atoms with Crippen molar-refractivity contribution < 1.29 is 14.3 Å². The molecule has 1 aliphatic carbocycles. The second-order valence-corrected chi connectivity index (χ2v) is 8.53. The van der Waals surface area contributed by atoms with Crippen LogP contribution in [-0.2, 0) is 14.3 Å². The number of rotatable bonds is 2. The zero-order chi connectivity index (χ0) is 16.1. The molecule has 0 spiro atoms. The Balaban J connectivity index is 1.60. The molecule has 6 unspecified atom stereocenters. The Labute approximate surface area is 142 Å². The van der Waals surface area contributed by atoms with Gasteiger partial charge in [-0.1, -0.05) is 0 Å². The Morgan fingerprint density at radius 1 is 1.17 bits per heavy atom. The van der Waals surface area contributed by atoms with Gasteiger partial charge in [-0.3, -0.25) is 14.5 Å². The number of Topliss-reactive ketones (excluding diaryl/α,β-unsaturated/α-hetero) is 1. The van der Waals surface area contributed by atoms with Gasteiger partial charge in [0.05, 0.1) is 7.11 Å². The number of esters is 1. The van der Waals surface area contributed by atoms with E-state index in [0.717, 1.165) is 38.5 Å². The van der Waals surface area contributed by atoms with Gasteiger partial charge < -0.3 is 4.74 Å². The summed E-state index contributed by atoms with van der Waals surface area (Å²) in [7, 11) is 1.39. The van der Waals surface area contributed by atoms with Gasteiger partial charge >= 0.3 is 5.97 Å². The predicted molar refractivity (Wildman–Crippen MR) is 87.2 cm³/mol. The van der Waals surface area contributed by atoms with Crippen molar-refractivity contribution in [2.24, 2.45) is 23.7 Å². The van der Waals surface area contributed by atoms with Gasteiger partial charge in [0.2, 0.25) is 0 Å². The Kier molecular flexibility index (Phi) is 4.17. The summed E-state index contributed by atoms with van der Waals surface area (Å²) in [6, 6.07) is 0.941. The number of carbonyl (C=O) groups is 2. The highest BCUT2D eigenvalue weighted by molar-refractivity contribution is 6.20. The van der Waals surface area contributed by atoms with E-state index in [1.165, 1.54) is 13.5 Å². The van der Waals surface area contributed by atoms with Crippen LogP contribution in [-0.4, -0.2) is 47.8 Å². The van der Waals surface area contributed by atoms with Crippen LogP contribution >= 0.6 is 11.6 Å². The van der Waals surface area contributed by atoms with Crippen LogP contribution in [0.4, 0.5) is 0 Å². The molecule has 5 heteroatoms. The third-order valence-electron chi connectivity index (χ3n) is 6.97. The SMILES string of the molecule is COC(=O)C1CN2C3CCC2C(C1=O)C(C1CCC(Cl)CC1)C3. The number of ether oxygens (including phenoxy) is 1. The van der Waals surface area contributed by atoms with Crippen LogP contribution in [0.25, 0.3) is 0 Å². The highest BCUT2D eigenvalue weighted by atomic mass is 35.5. The fourth-order valence-corrected chi connectivity index (χ4v) is 6.15. The predicted octanol–water partition coefficient (Wildman–Crippen LogP) is 2.62. The van der Waals surface area contributed by atoms with E-state index >= 15 is 0 Å². The van der Waals surface area contributed by atoms with Crippen molar-refractivity contribution in [3.8, 4) is 0 Å². The largest absolute Gasteiger partial charge is 0.468 e. The smallest absolute Gasteiger partial charge is 0.317 e. The number of methoxy groups -OCH3 is 1. The number of halogens is 1. The summed E-state index contributed by atoms with van der Waals surface area (Å²) >= 11 is 6.27. The van der Waals surface area contributed by atoms with Crippen LogP contribution < -0.4 is 0 Å². The van der Waals surface area contributed by atoms with Crippen LogP contribution in [0, 0.1) is 23.7 Å². The minimum Gasteiger partial charge on any atom is -0.468 e. The first-order valence-corrected chi connectivity index (χ1v) is 9.55. The summed E-state index contributed by atoms with van der Waals surface area (Å²) < 4.78 is 4.91. The summed E-state index contributed by atoms with van der Waals surface area (Å²) in [5.74, 6) is 0.372. The first-order valence-electron chi connectivity index (χ1n) is 9.11. The summed E-state index contributed by atoms with van der Waals surface area (Å²) in [5.41, 5.74) is 0. The van der Waals surface area contributed by atoms with Crippen molar-refractivity contribution in [1.82, 2.24) is 4.90 Å². The van der Waals surface area contributed by atoms with Crippen LogP contribution in [0.3, 0.4) is 0 Å². The van der Waals surface area contributed by atoms with E-state index in [2.05, 4.69) is 4.90 Å². The minimum atomic E-state index is -0.561. The zero-order valence-corrected chi connectivity index (χ0v) is 14.5. The number of alkyl halides is 1. The zero-order valence-electron chi connectivity index (χ0n) is 13.7. The van der Waals surface area contributed by atoms with Gasteiger partial charge in [-0.05, 0) is 56.8 Å². The number of nitrogens with zero attached hydrogens (tertiary/aromatic N) is 1. The van der Waals surface area contributed by atoms with Gasteiger partial charge in [-0.2, -0.15) is 0 Å². The standard InChI is InChI=1S/C18H26ClNO3/c1-23-18(22)14-9-20-12-6-7-15(20)16(17(14)21)13(8-12)10-2-4-11(19)5-3-10/h10-16H,2-9H2,1H3. The van der Waals surface area contributed by atoms with Crippen molar-refractivity contribution in [3.05, 3.63) is 0 Å². The quantitative estimate of drug-likeness (QED) is 0.441. The van der Waals surface area contributed by atoms with Crippen LogP contribution in [0.15, 0.2) is 0 Å². The molecule has 3 aliphatic heterocycles. The second kappa shape index (κ2) is 6.03. The first-order chi connectivity index (χ1) is 11.1. The van der Waals surface area contributed by atoms with Gasteiger partial charge in [-0.15, -0.1) is 11.6 Å². The van der Waals surface area contributed by atoms with Gasteiger partial charge in [0.25, 0.3) is 0 Å². The number of carbonyl (C=O) groups excluding carboxylic acids is 2. The summed E-state index contributed by atoms with van der Waals surface area (Å²) in [6.45, 7) is 0.582. The van der Waals surface area contributed by atoms with E-state index in [-0.39, 0.29) is 17.7 Å². The molecule has 1 saturated carbocycles. The molecule has 128 valence electrons. The second-order valence-electron chi connectivity index (χ2n) is 7.91. The van der Waals surface area contributed by atoms with E-state index in [4.69, 9.17) is 16.3 Å². The van der Waals surface area contributed by atoms with Crippen LogP contribution in [0.5, 0.6) is 0 Å². The topological polar surface area (TPSA) is 46.6 Å². The van der Waals surface area contributed by atoms with Crippen molar-refractivity contribution in [2.45, 2.75) is 62.4 Å². The highest BCUT2D eigenvalue weighted by Crippen LogP contribution is 2.51. The van der Waals surface area contributed by atoms with E-state index < -0.39 is 5.92 Å². The lowest BCUT2D eigenvalue weighted by atomic mass is 9.63. The monoisotopic (exact) mass is 339 g/mol. The lowest BCUT2D eigenvalue weighted by Crippen LogP contribution is -2.62. The summed E-state index contributed by atoms with van der Waals surface area (Å²) in [6.07, 6.45) is 7.88. The van der Waals surface area contributed by atoms with E-state index in [9.17, 15) is 9.59 Å². The number of piperidine rings is 2. The third kappa shape index (κ3) is 2.53. The number of hydrogen-bond acceptors (Lipinski definition) is 4. The van der Waals surface area contributed by atoms with Crippen LogP contribution in [0.1, 0.15) is 44.9 Å². The number of hydrogen-bond donors (Lipinski definition) is 0. The lowest BCUT2D eigenvalue weighted by molar-refractivity contribution is -0.160. The molecule has 3 saturated heterocycles. The molecule has 0 aromatic heterocycles. The Morgan fingerprint density at radius 3 is 2.61 bits per heavy atom. The first kappa shape index (κ1) is 15.9. The van der Waals surface area contributed by atoms with E-state index in [1.807, 2.05) is 0 Å². The normalized spacial score (nSPS) is 49.0. The molecule has 0 aromatic rings. The molecule has 4 aliphatic rings. The molecule has 0 amide bonds. The molecule has 23 heavy (non-hydrogen) atoms. The molecule has 0 radical (unpaired) electrons. The minimum absolute atomic E-state index is 0.0449. The maximum atomic E-state index is 13.1. The lowest BCUT2D eigenvalue weighted by Gasteiger charge is -2.52. The van der Waals surface area contributed by atoms with Gasteiger partial charge in [-0.25, -0.2) is 0 Å². The van der Waals surface area contributed by atoms with Crippen molar-refractivity contribution in [3.63, 3.8) is 0 Å². The van der Waals surface area contributed by atoms with E-state index in [1.54, 1.807) is 0 Å². The molecule has 0 aromatic carbocycles. The molecule has 0 N–H and O–H groups in total. The Bertz CT molecular complexity index is 502. The van der Waals surface area contributed by atoms with Crippen molar-refractivity contribution in [1.29, 1.82) is 0 Å². The Hall–Kier alpha value is -0.610. The van der Waals surface area contributed by atoms with Crippen LogP contribution in [0.2, 0.25) is 0 Å². The molecule has 4 bridgehead atoms. The van der Waals surface area contributed by atoms with Gasteiger partial charge in [0.15, 0.2) is 5.78 Å². The molecule has 4 fully saturated rings. The molecular formula is C18H26ClNO3. The molecular weight excluding hydrogens is 314 g/mol. The average molecular weight is 340 g/mol. The average Bonchev–Trinajstić information content (AvgIpc) is 2.83. The van der Waals surface area contributed by atoms with Gasteiger partial charge in [0, 0.05) is 29.9 Å². The molecule has 4 rings (SSSR count). The number of ketones is 1. The van der Waals surface area contributed by atoms with Gasteiger partial charge in [0.1, 0.15) is 5.92 Å². The molecule has 3 heterocycles. The van der Waals surface area contributed by atoms with Crippen molar-refractivity contribution in [2.75, 3.05) is 13.7 Å². The summed E-state index contributed by atoms with van der Waals surface area (Å²) in [4.78, 5) is 27.6. The maximum absolute atomic E-state index is 13.1. The Morgan fingerprint density at radius 2 is 1.91 bits per heavy atom. The third-order valence-corrected chi connectivity index (χ3v) is 7.41. The molecule has 6 atom stereocenters. The molecule has 4 nitrogen and oxygen atoms in total.